The second-order valence-electron chi connectivity index (χ2n) is 3.69. The second-order valence-corrected chi connectivity index (χ2v) is 3.69. The summed E-state index contributed by atoms with van der Waals surface area (Å²) in [6.45, 7) is 2.11. The van der Waals surface area contributed by atoms with Crippen LogP contribution in [0.3, 0.4) is 0 Å². The molecule has 1 rings (SSSR count). The fraction of sp³-hybridized carbons (Fsp3) is 0.545. The number of Topliss-reactive ketones (excluding diaryl/α,β-unsaturated/α-hetero) is 1. The molecule has 16 heavy (non-hydrogen) atoms. The van der Waals surface area contributed by atoms with Crippen molar-refractivity contribution < 1.29 is 4.79 Å². The zero-order valence-electron chi connectivity index (χ0n) is 9.60. The SMILES string of the molecule is CCC(=O)CCCn1c(=O)ccn(C)c1=O. The van der Waals surface area contributed by atoms with Gasteiger partial charge < -0.3 is 4.57 Å². The third-order valence-corrected chi connectivity index (χ3v) is 2.47. The Hall–Kier alpha value is -1.65. The van der Waals surface area contributed by atoms with Crippen LogP contribution < -0.4 is 11.2 Å². The maximum atomic E-state index is 11.6. The Labute approximate surface area is 93.3 Å². The highest BCUT2D eigenvalue weighted by atomic mass is 16.2. The van der Waals surface area contributed by atoms with Crippen LogP contribution in [0.25, 0.3) is 0 Å². The normalized spacial score (nSPS) is 10.4. The minimum absolute atomic E-state index is 0.154. The van der Waals surface area contributed by atoms with E-state index in [1.807, 2.05) is 0 Å². The Morgan fingerprint density at radius 2 is 2.06 bits per heavy atom. The summed E-state index contributed by atoms with van der Waals surface area (Å²) in [6.07, 6.45) is 2.90. The van der Waals surface area contributed by atoms with E-state index in [1.165, 1.54) is 16.8 Å². The van der Waals surface area contributed by atoms with Crippen molar-refractivity contribution in [2.45, 2.75) is 32.7 Å². The largest absolute Gasteiger partial charge is 0.330 e. The van der Waals surface area contributed by atoms with Crippen LogP contribution in [0, 0.1) is 0 Å². The van der Waals surface area contributed by atoms with Crippen molar-refractivity contribution >= 4 is 5.78 Å². The first kappa shape index (κ1) is 12.4. The molecule has 5 nitrogen and oxygen atoms in total. The molecule has 0 aromatic carbocycles. The van der Waals surface area contributed by atoms with Gasteiger partial charge in [-0.1, -0.05) is 6.92 Å². The van der Waals surface area contributed by atoms with Crippen LogP contribution in [-0.2, 0) is 18.4 Å². The monoisotopic (exact) mass is 224 g/mol. The molecule has 0 spiro atoms. The van der Waals surface area contributed by atoms with Crippen molar-refractivity contribution in [2.24, 2.45) is 7.05 Å². The van der Waals surface area contributed by atoms with E-state index in [-0.39, 0.29) is 17.0 Å². The number of carbonyl (C=O) groups is 1. The first-order chi connectivity index (χ1) is 7.56. The first-order valence-electron chi connectivity index (χ1n) is 5.34. The van der Waals surface area contributed by atoms with E-state index in [1.54, 1.807) is 14.0 Å². The van der Waals surface area contributed by atoms with Crippen molar-refractivity contribution in [3.63, 3.8) is 0 Å². The van der Waals surface area contributed by atoms with Crippen molar-refractivity contribution in [3.05, 3.63) is 33.1 Å². The van der Waals surface area contributed by atoms with E-state index in [0.717, 1.165) is 4.57 Å². The van der Waals surface area contributed by atoms with Gasteiger partial charge in [0.15, 0.2) is 0 Å². The van der Waals surface area contributed by atoms with Gasteiger partial charge in [0.25, 0.3) is 5.56 Å². The van der Waals surface area contributed by atoms with Crippen LogP contribution in [-0.4, -0.2) is 14.9 Å². The van der Waals surface area contributed by atoms with Gasteiger partial charge in [-0.05, 0) is 6.42 Å². The number of nitrogens with zero attached hydrogens (tertiary/aromatic N) is 2. The average molecular weight is 224 g/mol. The molecular weight excluding hydrogens is 208 g/mol. The number of aryl methyl sites for hydroxylation is 1. The summed E-state index contributed by atoms with van der Waals surface area (Å²) in [5.41, 5.74) is -0.650. The Kier molecular flexibility index (Phi) is 4.22. The molecule has 0 unspecified atom stereocenters. The highest BCUT2D eigenvalue weighted by molar-refractivity contribution is 5.77. The molecular formula is C11H16N2O3. The van der Waals surface area contributed by atoms with Gasteiger partial charge in [-0.2, -0.15) is 0 Å². The maximum Gasteiger partial charge on any atom is 0.330 e. The topological polar surface area (TPSA) is 61.1 Å². The molecule has 1 heterocycles. The van der Waals surface area contributed by atoms with E-state index < -0.39 is 0 Å². The first-order valence-corrected chi connectivity index (χ1v) is 5.34. The molecule has 0 aliphatic rings. The molecule has 0 bridgehead atoms. The highest BCUT2D eigenvalue weighted by Crippen LogP contribution is 1.95. The lowest BCUT2D eigenvalue weighted by Crippen LogP contribution is -2.37. The third-order valence-electron chi connectivity index (χ3n) is 2.47. The predicted octanol–water partition coefficient (Wildman–Crippen LogP) is 0.306. The predicted molar refractivity (Wildman–Crippen MR) is 60.5 cm³/mol. The number of carbonyl (C=O) groups excluding carboxylic acids is 1. The molecule has 0 amide bonds. The fourth-order valence-electron chi connectivity index (χ4n) is 1.43. The zero-order valence-corrected chi connectivity index (χ0v) is 9.60. The summed E-state index contributed by atoms with van der Waals surface area (Å²) in [6, 6.07) is 1.35. The lowest BCUT2D eigenvalue weighted by molar-refractivity contribution is -0.118. The Bertz CT molecular complexity index is 485. The fourth-order valence-corrected chi connectivity index (χ4v) is 1.43. The van der Waals surface area contributed by atoms with Crippen molar-refractivity contribution in [1.29, 1.82) is 0 Å². The third kappa shape index (κ3) is 2.92. The number of hydrogen-bond acceptors (Lipinski definition) is 3. The lowest BCUT2D eigenvalue weighted by Gasteiger charge is -2.05. The molecule has 1 aromatic rings. The van der Waals surface area contributed by atoms with Crippen molar-refractivity contribution in [3.8, 4) is 0 Å². The Balaban J connectivity index is 2.75. The average Bonchev–Trinajstić information content (AvgIpc) is 2.28. The summed E-state index contributed by atoms with van der Waals surface area (Å²) in [7, 11) is 1.59. The summed E-state index contributed by atoms with van der Waals surface area (Å²) >= 11 is 0. The minimum Gasteiger partial charge on any atom is -0.303 e. The minimum atomic E-state index is -0.337. The van der Waals surface area contributed by atoms with Crippen LogP contribution in [0.4, 0.5) is 0 Å². The Morgan fingerprint density at radius 3 is 2.69 bits per heavy atom. The smallest absolute Gasteiger partial charge is 0.303 e. The quantitative estimate of drug-likeness (QED) is 0.723. The summed E-state index contributed by atoms with van der Waals surface area (Å²) in [5.74, 6) is 0.154. The van der Waals surface area contributed by atoms with E-state index in [4.69, 9.17) is 0 Å². The van der Waals surface area contributed by atoms with Crippen molar-refractivity contribution in [1.82, 2.24) is 9.13 Å². The van der Waals surface area contributed by atoms with Crippen LogP contribution in [0.1, 0.15) is 26.2 Å². The molecule has 0 aliphatic carbocycles. The van der Waals surface area contributed by atoms with E-state index in [0.29, 0.717) is 25.8 Å². The highest BCUT2D eigenvalue weighted by Gasteiger charge is 2.04. The molecule has 0 atom stereocenters. The molecule has 0 saturated carbocycles. The molecule has 0 fully saturated rings. The molecule has 5 heteroatoms. The molecule has 1 aromatic heterocycles. The second kappa shape index (κ2) is 5.44. The number of aromatic nitrogens is 2. The van der Waals surface area contributed by atoms with Crippen LogP contribution >= 0.6 is 0 Å². The van der Waals surface area contributed by atoms with Gasteiger partial charge in [-0.25, -0.2) is 4.79 Å². The zero-order chi connectivity index (χ0) is 12.1. The summed E-state index contributed by atoms with van der Waals surface area (Å²) < 4.78 is 2.51. The van der Waals surface area contributed by atoms with Gasteiger partial charge in [-0.15, -0.1) is 0 Å². The standard InChI is InChI=1S/C11H16N2O3/c1-3-9(14)5-4-7-13-10(15)6-8-12(2)11(13)16/h6,8H,3-5,7H2,1-2H3. The molecule has 88 valence electrons. The van der Waals surface area contributed by atoms with E-state index in [9.17, 15) is 14.4 Å². The van der Waals surface area contributed by atoms with Crippen LogP contribution in [0.15, 0.2) is 21.9 Å². The molecule has 0 aliphatic heterocycles. The van der Waals surface area contributed by atoms with Gasteiger partial charge >= 0.3 is 5.69 Å². The summed E-state index contributed by atoms with van der Waals surface area (Å²) in [5, 5.41) is 0. The van der Waals surface area contributed by atoms with Gasteiger partial charge in [-0.3, -0.25) is 14.2 Å². The van der Waals surface area contributed by atoms with Crippen LogP contribution in [0.5, 0.6) is 0 Å². The molecule has 0 saturated heterocycles. The van der Waals surface area contributed by atoms with Crippen LogP contribution in [0.2, 0.25) is 0 Å². The maximum absolute atomic E-state index is 11.6. The van der Waals surface area contributed by atoms with Crippen molar-refractivity contribution in [2.75, 3.05) is 0 Å². The van der Waals surface area contributed by atoms with E-state index in [2.05, 4.69) is 0 Å². The number of hydrogen-bond donors (Lipinski definition) is 0. The molecule has 0 radical (unpaired) electrons. The van der Waals surface area contributed by atoms with Gasteiger partial charge in [0.1, 0.15) is 5.78 Å². The number of ketones is 1. The number of rotatable bonds is 5. The van der Waals surface area contributed by atoms with Gasteiger partial charge in [0.05, 0.1) is 0 Å². The molecule has 0 N–H and O–H groups in total. The van der Waals surface area contributed by atoms with Gasteiger partial charge in [0.2, 0.25) is 0 Å². The Morgan fingerprint density at radius 1 is 1.38 bits per heavy atom. The van der Waals surface area contributed by atoms with Gasteiger partial charge in [0, 0.05) is 38.7 Å². The summed E-state index contributed by atoms with van der Waals surface area (Å²) in [4.78, 5) is 34.0. The van der Waals surface area contributed by atoms with E-state index >= 15 is 0 Å². The lowest BCUT2D eigenvalue weighted by atomic mass is 10.2.